The lowest BCUT2D eigenvalue weighted by molar-refractivity contribution is 0.209. The van der Waals surface area contributed by atoms with E-state index in [2.05, 4.69) is 44.0 Å². The number of amides is 2. The second-order valence-corrected chi connectivity index (χ2v) is 7.11. The van der Waals surface area contributed by atoms with Crippen LogP contribution in [0.2, 0.25) is 0 Å². The minimum Gasteiger partial charge on any atom is -0.330 e. The van der Waals surface area contributed by atoms with Gasteiger partial charge >= 0.3 is 6.03 Å². The summed E-state index contributed by atoms with van der Waals surface area (Å²) in [6.45, 7) is 7.51. The third-order valence-electron chi connectivity index (χ3n) is 5.20. The van der Waals surface area contributed by atoms with Gasteiger partial charge in [0.1, 0.15) is 0 Å². The van der Waals surface area contributed by atoms with Gasteiger partial charge in [0.2, 0.25) is 0 Å². The zero-order valence-corrected chi connectivity index (χ0v) is 14.4. The SMILES string of the molecule is CC(C)N1CCN(c2cccc(C3CC(CN)CN3C)c2)C1=O. The Hall–Kier alpha value is -1.59. The van der Waals surface area contributed by atoms with Crippen LogP contribution in [0.15, 0.2) is 24.3 Å². The highest BCUT2D eigenvalue weighted by Crippen LogP contribution is 2.35. The van der Waals surface area contributed by atoms with Gasteiger partial charge in [-0.3, -0.25) is 9.80 Å². The van der Waals surface area contributed by atoms with Gasteiger partial charge in [0.25, 0.3) is 0 Å². The Labute approximate surface area is 139 Å². The summed E-state index contributed by atoms with van der Waals surface area (Å²) >= 11 is 0. The second kappa shape index (κ2) is 6.49. The van der Waals surface area contributed by atoms with Gasteiger partial charge in [0.15, 0.2) is 0 Å². The predicted octanol–water partition coefficient (Wildman–Crippen LogP) is 2.29. The molecule has 0 radical (unpaired) electrons. The van der Waals surface area contributed by atoms with Crippen LogP contribution in [0.5, 0.6) is 0 Å². The summed E-state index contributed by atoms with van der Waals surface area (Å²) in [6, 6.07) is 9.24. The largest absolute Gasteiger partial charge is 0.330 e. The van der Waals surface area contributed by atoms with Crippen LogP contribution in [-0.4, -0.2) is 55.1 Å². The molecule has 23 heavy (non-hydrogen) atoms. The highest BCUT2D eigenvalue weighted by atomic mass is 16.2. The Morgan fingerprint density at radius 1 is 1.30 bits per heavy atom. The van der Waals surface area contributed by atoms with Crippen LogP contribution >= 0.6 is 0 Å². The number of rotatable bonds is 4. The fourth-order valence-corrected chi connectivity index (χ4v) is 3.84. The van der Waals surface area contributed by atoms with Crippen molar-refractivity contribution >= 4 is 11.7 Å². The number of hydrogen-bond acceptors (Lipinski definition) is 3. The molecular weight excluding hydrogens is 288 g/mol. The van der Waals surface area contributed by atoms with E-state index in [0.717, 1.165) is 38.3 Å². The van der Waals surface area contributed by atoms with Crippen molar-refractivity contribution in [2.75, 3.05) is 38.1 Å². The highest BCUT2D eigenvalue weighted by Gasteiger charge is 2.33. The third-order valence-corrected chi connectivity index (χ3v) is 5.20. The number of anilines is 1. The number of carbonyl (C=O) groups is 1. The van der Waals surface area contributed by atoms with E-state index in [4.69, 9.17) is 5.73 Å². The lowest BCUT2D eigenvalue weighted by atomic mass is 9.99. The average Bonchev–Trinajstić information content (AvgIpc) is 3.10. The van der Waals surface area contributed by atoms with E-state index in [1.807, 2.05) is 15.9 Å². The van der Waals surface area contributed by atoms with Gasteiger partial charge in [-0.25, -0.2) is 4.79 Å². The number of benzene rings is 1. The Morgan fingerprint density at radius 2 is 2.09 bits per heavy atom. The molecule has 0 aliphatic carbocycles. The normalized spacial score (nSPS) is 25.9. The van der Waals surface area contributed by atoms with E-state index < -0.39 is 0 Å². The molecule has 2 amide bonds. The summed E-state index contributed by atoms with van der Waals surface area (Å²) < 4.78 is 0. The minimum absolute atomic E-state index is 0.122. The molecule has 3 rings (SSSR count). The fourth-order valence-electron chi connectivity index (χ4n) is 3.84. The molecule has 1 aromatic rings. The van der Waals surface area contributed by atoms with E-state index in [0.29, 0.717) is 12.0 Å². The van der Waals surface area contributed by atoms with E-state index in [1.165, 1.54) is 5.56 Å². The van der Waals surface area contributed by atoms with Crippen molar-refractivity contribution < 1.29 is 4.79 Å². The van der Waals surface area contributed by atoms with E-state index >= 15 is 0 Å². The summed E-state index contributed by atoms with van der Waals surface area (Å²) in [5, 5.41) is 0. The zero-order valence-electron chi connectivity index (χ0n) is 14.4. The first-order valence-electron chi connectivity index (χ1n) is 8.59. The number of hydrogen-bond donors (Lipinski definition) is 1. The Bertz CT molecular complexity index is 574. The van der Waals surface area contributed by atoms with Crippen molar-refractivity contribution in [1.29, 1.82) is 0 Å². The molecule has 5 nitrogen and oxygen atoms in total. The highest BCUT2D eigenvalue weighted by molar-refractivity contribution is 5.94. The summed E-state index contributed by atoms with van der Waals surface area (Å²) in [4.78, 5) is 18.8. The molecule has 126 valence electrons. The van der Waals surface area contributed by atoms with Gasteiger partial charge in [0, 0.05) is 37.4 Å². The Kier molecular flexibility index (Phi) is 4.60. The molecule has 2 heterocycles. The second-order valence-electron chi connectivity index (χ2n) is 7.11. The topological polar surface area (TPSA) is 52.8 Å². The minimum atomic E-state index is 0.122. The van der Waals surface area contributed by atoms with E-state index in [-0.39, 0.29) is 12.1 Å². The maximum Gasteiger partial charge on any atom is 0.324 e. The van der Waals surface area contributed by atoms with Crippen LogP contribution in [0.4, 0.5) is 10.5 Å². The number of nitrogens with zero attached hydrogens (tertiary/aromatic N) is 3. The number of likely N-dealkylation sites (tertiary alicyclic amines) is 1. The Morgan fingerprint density at radius 3 is 2.70 bits per heavy atom. The molecule has 1 aromatic carbocycles. The lowest BCUT2D eigenvalue weighted by Gasteiger charge is -2.24. The average molecular weight is 316 g/mol. The summed E-state index contributed by atoms with van der Waals surface area (Å²) in [5.41, 5.74) is 8.15. The molecule has 0 bridgehead atoms. The molecular formula is C18H28N4O. The first kappa shape index (κ1) is 16.3. The lowest BCUT2D eigenvalue weighted by Crippen LogP contribution is -2.36. The molecule has 2 fully saturated rings. The van der Waals surface area contributed by atoms with Gasteiger partial charge in [-0.2, -0.15) is 0 Å². The van der Waals surface area contributed by atoms with Crippen molar-refractivity contribution in [3.05, 3.63) is 29.8 Å². The molecule has 0 spiro atoms. The number of carbonyl (C=O) groups excluding carboxylic acids is 1. The third kappa shape index (κ3) is 3.08. The monoisotopic (exact) mass is 316 g/mol. The van der Waals surface area contributed by atoms with Crippen LogP contribution in [-0.2, 0) is 0 Å². The smallest absolute Gasteiger partial charge is 0.324 e. The number of nitrogens with two attached hydrogens (primary N) is 1. The van der Waals surface area contributed by atoms with Crippen molar-refractivity contribution in [3.8, 4) is 0 Å². The molecule has 0 aromatic heterocycles. The van der Waals surface area contributed by atoms with Crippen molar-refractivity contribution in [1.82, 2.24) is 9.80 Å². The van der Waals surface area contributed by atoms with Gasteiger partial charge < -0.3 is 10.6 Å². The molecule has 2 aliphatic heterocycles. The summed E-state index contributed by atoms with van der Waals surface area (Å²) in [7, 11) is 2.16. The molecule has 2 aliphatic rings. The van der Waals surface area contributed by atoms with Crippen molar-refractivity contribution in [2.45, 2.75) is 32.4 Å². The van der Waals surface area contributed by atoms with Crippen molar-refractivity contribution in [2.24, 2.45) is 11.7 Å². The molecule has 2 N–H and O–H groups in total. The van der Waals surface area contributed by atoms with Crippen LogP contribution < -0.4 is 10.6 Å². The Balaban J connectivity index is 1.80. The maximum atomic E-state index is 12.6. The van der Waals surface area contributed by atoms with Crippen LogP contribution in [0.25, 0.3) is 0 Å². The van der Waals surface area contributed by atoms with Crippen LogP contribution in [0.3, 0.4) is 0 Å². The van der Waals surface area contributed by atoms with Crippen molar-refractivity contribution in [3.63, 3.8) is 0 Å². The van der Waals surface area contributed by atoms with Crippen LogP contribution in [0, 0.1) is 5.92 Å². The zero-order chi connectivity index (χ0) is 16.6. The standard InChI is InChI=1S/C18H28N4O/c1-13(2)21-7-8-22(18(21)23)16-6-4-5-15(10-16)17-9-14(11-19)12-20(17)3/h4-6,10,13-14,17H,7-9,11-12,19H2,1-3H3. The predicted molar refractivity (Wildman–Crippen MR) is 93.6 cm³/mol. The van der Waals surface area contributed by atoms with Gasteiger partial charge in [-0.15, -0.1) is 0 Å². The summed E-state index contributed by atoms with van der Waals surface area (Å²) in [5.74, 6) is 0.568. The van der Waals surface area contributed by atoms with E-state index in [1.54, 1.807) is 0 Å². The van der Waals surface area contributed by atoms with Gasteiger partial charge in [-0.05, 0) is 57.5 Å². The first-order chi connectivity index (χ1) is 11.0. The number of urea groups is 1. The molecule has 2 atom stereocenters. The molecule has 2 unspecified atom stereocenters. The molecule has 2 saturated heterocycles. The first-order valence-corrected chi connectivity index (χ1v) is 8.59. The fraction of sp³-hybridized carbons (Fsp3) is 0.611. The molecule has 5 heteroatoms. The van der Waals surface area contributed by atoms with Gasteiger partial charge in [0.05, 0.1) is 0 Å². The summed E-state index contributed by atoms with van der Waals surface area (Å²) in [6.07, 6.45) is 1.10. The van der Waals surface area contributed by atoms with Crippen LogP contribution in [0.1, 0.15) is 31.9 Å². The molecule has 0 saturated carbocycles. The maximum absolute atomic E-state index is 12.6. The quantitative estimate of drug-likeness (QED) is 0.927. The van der Waals surface area contributed by atoms with E-state index in [9.17, 15) is 4.79 Å². The van der Waals surface area contributed by atoms with Gasteiger partial charge in [-0.1, -0.05) is 12.1 Å².